The van der Waals surface area contributed by atoms with E-state index in [0.717, 1.165) is 11.6 Å². The lowest BCUT2D eigenvalue weighted by atomic mass is 10.1. The second-order valence-corrected chi connectivity index (χ2v) is 6.93. The highest BCUT2D eigenvalue weighted by atomic mass is 35.5. The quantitative estimate of drug-likeness (QED) is 0.407. The molecule has 3 aromatic rings. The van der Waals surface area contributed by atoms with Gasteiger partial charge in [-0.3, -0.25) is 14.9 Å². The molecule has 0 spiro atoms. The van der Waals surface area contributed by atoms with E-state index in [2.05, 4.69) is 0 Å². The average molecular weight is 424 g/mol. The van der Waals surface area contributed by atoms with Crippen LogP contribution in [0.25, 0.3) is 0 Å². The van der Waals surface area contributed by atoms with Crippen molar-refractivity contribution in [1.82, 2.24) is 4.90 Å². The minimum Gasteiger partial charge on any atom is -0.330 e. The number of hydrogen-bond acceptors (Lipinski definition) is 4. The maximum Gasteiger partial charge on any atom is 0.270 e. The smallest absolute Gasteiger partial charge is 0.270 e. The highest BCUT2D eigenvalue weighted by molar-refractivity contribution is 6.34. The first kappa shape index (κ1) is 21.0. The lowest BCUT2D eigenvalue weighted by molar-refractivity contribution is -0.384. The normalized spacial score (nSPS) is 10.3. The second kappa shape index (κ2) is 9.16. The van der Waals surface area contributed by atoms with E-state index < -0.39 is 16.6 Å². The van der Waals surface area contributed by atoms with Crippen molar-refractivity contribution in [1.29, 1.82) is 5.26 Å². The molecule has 150 valence electrons. The third-order valence-electron chi connectivity index (χ3n) is 4.40. The molecule has 0 heterocycles. The van der Waals surface area contributed by atoms with Crippen LogP contribution in [0.2, 0.25) is 5.02 Å². The Bertz CT molecular complexity index is 1140. The molecule has 0 aromatic heterocycles. The fourth-order valence-electron chi connectivity index (χ4n) is 2.92. The number of nitrogens with zero attached hydrogens (tertiary/aromatic N) is 3. The first-order valence-corrected chi connectivity index (χ1v) is 9.22. The third kappa shape index (κ3) is 4.99. The minimum absolute atomic E-state index is 0.0433. The van der Waals surface area contributed by atoms with Gasteiger partial charge in [-0.2, -0.15) is 5.26 Å². The van der Waals surface area contributed by atoms with E-state index >= 15 is 0 Å². The number of nitro benzene ring substituents is 1. The van der Waals surface area contributed by atoms with Crippen LogP contribution in [0.3, 0.4) is 0 Å². The summed E-state index contributed by atoms with van der Waals surface area (Å²) >= 11 is 6.14. The summed E-state index contributed by atoms with van der Waals surface area (Å²) in [6, 6.07) is 18.3. The van der Waals surface area contributed by atoms with Crippen LogP contribution in [-0.2, 0) is 13.1 Å². The Morgan fingerprint density at radius 1 is 1.07 bits per heavy atom. The zero-order chi connectivity index (χ0) is 21.7. The largest absolute Gasteiger partial charge is 0.330 e. The molecule has 30 heavy (non-hydrogen) atoms. The number of carbonyl (C=O) groups excluding carboxylic acids is 1. The van der Waals surface area contributed by atoms with Gasteiger partial charge in [0.1, 0.15) is 5.82 Å². The summed E-state index contributed by atoms with van der Waals surface area (Å²) in [7, 11) is 0. The number of amides is 1. The van der Waals surface area contributed by atoms with Gasteiger partial charge in [0.05, 0.1) is 27.1 Å². The van der Waals surface area contributed by atoms with Crippen LogP contribution >= 0.6 is 11.6 Å². The lowest BCUT2D eigenvalue weighted by Gasteiger charge is -2.24. The molecule has 0 aliphatic rings. The molecule has 8 heteroatoms. The molecule has 6 nitrogen and oxygen atoms in total. The fourth-order valence-corrected chi connectivity index (χ4v) is 3.18. The lowest BCUT2D eigenvalue weighted by Crippen LogP contribution is -2.30. The number of rotatable bonds is 6. The van der Waals surface area contributed by atoms with Crippen LogP contribution < -0.4 is 0 Å². The van der Waals surface area contributed by atoms with Crippen LogP contribution in [-0.4, -0.2) is 15.7 Å². The van der Waals surface area contributed by atoms with E-state index in [9.17, 15) is 19.3 Å². The number of nitro groups is 1. The molecule has 0 atom stereocenters. The zero-order valence-electron chi connectivity index (χ0n) is 15.6. The van der Waals surface area contributed by atoms with Crippen molar-refractivity contribution in [2.45, 2.75) is 13.1 Å². The van der Waals surface area contributed by atoms with Crippen molar-refractivity contribution in [3.63, 3.8) is 0 Å². The topological polar surface area (TPSA) is 87.2 Å². The molecule has 3 rings (SSSR count). The van der Waals surface area contributed by atoms with E-state index in [1.807, 2.05) is 6.07 Å². The number of nitriles is 1. The first-order chi connectivity index (χ1) is 14.4. The van der Waals surface area contributed by atoms with Gasteiger partial charge in [0, 0.05) is 25.2 Å². The molecule has 0 radical (unpaired) electrons. The van der Waals surface area contributed by atoms with E-state index in [1.54, 1.807) is 36.4 Å². The van der Waals surface area contributed by atoms with E-state index in [4.69, 9.17) is 16.9 Å². The Morgan fingerprint density at radius 2 is 1.77 bits per heavy atom. The number of halogens is 2. The summed E-state index contributed by atoms with van der Waals surface area (Å²) in [4.78, 5) is 25.0. The number of carbonyl (C=O) groups is 1. The van der Waals surface area contributed by atoms with Gasteiger partial charge in [0.2, 0.25) is 0 Å². The Morgan fingerprint density at radius 3 is 2.37 bits per heavy atom. The van der Waals surface area contributed by atoms with Gasteiger partial charge in [-0.05, 0) is 41.5 Å². The SMILES string of the molecule is N#Cc1ccc(CN(Cc2cccc(F)c2)C(=O)c2ccc([N+](=O)[O-])cc2Cl)cc1. The molecule has 1 amide bonds. The second-order valence-electron chi connectivity index (χ2n) is 6.52. The van der Waals surface area contributed by atoms with E-state index in [-0.39, 0.29) is 29.4 Å². The molecule has 0 bridgehead atoms. The molecular formula is C22H15ClFN3O3. The Kier molecular flexibility index (Phi) is 6.40. The van der Waals surface area contributed by atoms with Crippen LogP contribution in [0.15, 0.2) is 66.7 Å². The van der Waals surface area contributed by atoms with Crippen LogP contribution in [0, 0.1) is 27.3 Å². The number of non-ortho nitro benzene ring substituents is 1. The van der Waals surface area contributed by atoms with E-state index in [1.165, 1.54) is 29.2 Å². The third-order valence-corrected chi connectivity index (χ3v) is 4.71. The predicted octanol–water partition coefficient (Wildman–Crippen LogP) is 5.10. The Balaban J connectivity index is 1.94. The summed E-state index contributed by atoms with van der Waals surface area (Å²) in [5.74, 6) is -0.879. The molecular weight excluding hydrogens is 409 g/mol. The van der Waals surface area contributed by atoms with Crippen molar-refractivity contribution in [2.75, 3.05) is 0 Å². The van der Waals surface area contributed by atoms with Crippen molar-refractivity contribution < 1.29 is 14.1 Å². The van der Waals surface area contributed by atoms with Gasteiger partial charge in [-0.15, -0.1) is 0 Å². The van der Waals surface area contributed by atoms with Crippen molar-refractivity contribution in [3.8, 4) is 6.07 Å². The van der Waals surface area contributed by atoms with Crippen molar-refractivity contribution >= 4 is 23.2 Å². The summed E-state index contributed by atoms with van der Waals surface area (Å²) in [6.07, 6.45) is 0. The molecule has 0 aliphatic carbocycles. The van der Waals surface area contributed by atoms with Gasteiger partial charge in [-0.1, -0.05) is 35.9 Å². The molecule has 0 aliphatic heterocycles. The summed E-state index contributed by atoms with van der Waals surface area (Å²) < 4.78 is 13.6. The summed E-state index contributed by atoms with van der Waals surface area (Å²) in [6.45, 7) is 0.276. The molecule has 0 saturated carbocycles. The highest BCUT2D eigenvalue weighted by Crippen LogP contribution is 2.25. The van der Waals surface area contributed by atoms with Crippen LogP contribution in [0.4, 0.5) is 10.1 Å². The molecule has 0 N–H and O–H groups in total. The molecule has 0 fully saturated rings. The van der Waals surface area contributed by atoms with Gasteiger partial charge >= 0.3 is 0 Å². The molecule has 3 aromatic carbocycles. The minimum atomic E-state index is -0.596. The maximum atomic E-state index is 13.6. The van der Waals surface area contributed by atoms with Gasteiger partial charge in [-0.25, -0.2) is 4.39 Å². The maximum absolute atomic E-state index is 13.6. The zero-order valence-corrected chi connectivity index (χ0v) is 16.3. The van der Waals surface area contributed by atoms with Crippen LogP contribution in [0.5, 0.6) is 0 Å². The van der Waals surface area contributed by atoms with Crippen LogP contribution in [0.1, 0.15) is 27.0 Å². The predicted molar refractivity (Wildman–Crippen MR) is 109 cm³/mol. The van der Waals surface area contributed by atoms with Gasteiger partial charge in [0.15, 0.2) is 0 Å². The van der Waals surface area contributed by atoms with Crippen molar-refractivity contribution in [3.05, 3.63) is 110 Å². The van der Waals surface area contributed by atoms with Crippen molar-refractivity contribution in [2.24, 2.45) is 0 Å². The summed E-state index contributed by atoms with van der Waals surface area (Å²) in [5, 5.41) is 19.8. The monoisotopic (exact) mass is 423 g/mol. The standard InChI is InChI=1S/C22H15ClFN3O3/c23-21-11-19(27(29)30)8-9-20(21)22(28)26(14-17-2-1-3-18(24)10-17)13-16-6-4-15(12-25)5-7-16/h1-11H,13-14H2. The summed E-state index contributed by atoms with van der Waals surface area (Å²) in [5.41, 5.74) is 1.71. The molecule has 0 unspecified atom stereocenters. The average Bonchev–Trinajstić information content (AvgIpc) is 2.73. The Labute approximate surface area is 176 Å². The highest BCUT2D eigenvalue weighted by Gasteiger charge is 2.21. The van der Waals surface area contributed by atoms with E-state index in [0.29, 0.717) is 11.1 Å². The van der Waals surface area contributed by atoms with Gasteiger partial charge in [0.25, 0.3) is 11.6 Å². The fraction of sp³-hybridized carbons (Fsp3) is 0.0909. The Hall–Kier alpha value is -3.76. The molecule has 0 saturated heterocycles. The number of benzene rings is 3. The number of hydrogen-bond donors (Lipinski definition) is 0. The van der Waals surface area contributed by atoms with Gasteiger partial charge < -0.3 is 4.90 Å². The first-order valence-electron chi connectivity index (χ1n) is 8.84.